The first kappa shape index (κ1) is 65.1. The maximum Gasteiger partial charge on any atom is 0.341 e. The van der Waals surface area contributed by atoms with Crippen molar-refractivity contribution in [2.24, 2.45) is 28.8 Å². The molecule has 3 aliphatic heterocycles. The monoisotopic (exact) mass is 1130 g/mol. The van der Waals surface area contributed by atoms with Crippen LogP contribution >= 0.6 is 0 Å². The van der Waals surface area contributed by atoms with Gasteiger partial charge in [0.2, 0.25) is 5.43 Å². The molecule has 3 fully saturated rings. The van der Waals surface area contributed by atoms with E-state index in [0.29, 0.717) is 43.3 Å². The molecule has 22 nitrogen and oxygen atoms in total. The molecular weight excluding hydrogens is 1040 g/mol. The molecule has 78 heavy (non-hydrogen) atoms. The van der Waals surface area contributed by atoms with Gasteiger partial charge in [-0.25, -0.2) is 4.79 Å². The Labute approximate surface area is 460 Å². The molecule has 0 amide bonds. The fourth-order valence-corrected chi connectivity index (χ4v) is 13.2. The van der Waals surface area contributed by atoms with E-state index in [0.717, 1.165) is 5.56 Å². The second-order valence-corrected chi connectivity index (χ2v) is 24.9. The van der Waals surface area contributed by atoms with E-state index < -0.39 is 129 Å². The number of aromatic nitrogens is 1. The number of methoxy groups -OCH3 is 1. The summed E-state index contributed by atoms with van der Waals surface area (Å²) in [5.74, 6) is -6.42. The second kappa shape index (κ2) is 26.5. The van der Waals surface area contributed by atoms with Gasteiger partial charge in [0, 0.05) is 62.0 Å². The number of esters is 1. The Kier molecular flexibility index (Phi) is 22.1. The normalized spacial score (nSPS) is 37.4. The molecule has 5 rings (SSSR count). The van der Waals surface area contributed by atoms with Gasteiger partial charge in [0.05, 0.1) is 64.6 Å². The molecule has 3 saturated heterocycles. The maximum absolute atomic E-state index is 14.5. The highest BCUT2D eigenvalue weighted by atomic mass is 32.2. The van der Waals surface area contributed by atoms with Gasteiger partial charge in [0.15, 0.2) is 12.6 Å². The van der Waals surface area contributed by atoms with Crippen molar-refractivity contribution in [2.45, 2.75) is 205 Å². The van der Waals surface area contributed by atoms with Gasteiger partial charge in [0.25, 0.3) is 10.1 Å². The van der Waals surface area contributed by atoms with E-state index >= 15 is 0 Å². The molecule has 0 radical (unpaired) electrons. The minimum Gasteiger partial charge on any atom is -0.477 e. The summed E-state index contributed by atoms with van der Waals surface area (Å²) in [5, 5.41) is 72.0. The number of likely N-dealkylation sites (N-methyl/N-ethyl adjacent to an activating group) is 1. The number of pyridine rings is 1. The molecule has 0 unspecified atom stereocenters. The zero-order chi connectivity index (χ0) is 58.6. The predicted octanol–water partition coefficient (Wildman–Crippen LogP) is 4.00. The van der Waals surface area contributed by atoms with Crippen molar-refractivity contribution in [3.05, 3.63) is 45.7 Å². The Morgan fingerprint density at radius 1 is 0.936 bits per heavy atom. The van der Waals surface area contributed by atoms with E-state index in [1.54, 1.807) is 72.2 Å². The van der Waals surface area contributed by atoms with E-state index in [1.165, 1.54) is 27.2 Å². The molecule has 23 heteroatoms. The molecular formula is C55H90N4O18S. The van der Waals surface area contributed by atoms with Crippen molar-refractivity contribution in [2.75, 3.05) is 47.1 Å². The highest BCUT2D eigenvalue weighted by Gasteiger charge is 2.54. The molecule has 1 aromatic heterocycles. The van der Waals surface area contributed by atoms with Gasteiger partial charge in [-0.1, -0.05) is 38.9 Å². The predicted molar refractivity (Wildman–Crippen MR) is 290 cm³/mol. The Morgan fingerprint density at radius 3 is 2.19 bits per heavy atom. The zero-order valence-corrected chi connectivity index (χ0v) is 49.1. The van der Waals surface area contributed by atoms with Crippen LogP contribution in [0.2, 0.25) is 0 Å². The number of aryl methyl sites for hydroxylation is 2. The first-order chi connectivity index (χ1) is 36.3. The number of rotatable bonds is 18. The summed E-state index contributed by atoms with van der Waals surface area (Å²) in [7, 11) is 2.61. The number of nitrogens with zero attached hydrogens (tertiary/aromatic N) is 4. The number of benzene rings is 1. The van der Waals surface area contributed by atoms with Crippen LogP contribution in [0.3, 0.4) is 0 Å². The molecule has 1 aromatic carbocycles. The number of carbonyl (C=O) groups is 2. The van der Waals surface area contributed by atoms with Crippen molar-refractivity contribution < 1.29 is 81.4 Å². The third-order valence-electron chi connectivity index (χ3n) is 16.6. The quantitative estimate of drug-likeness (QED) is 0.0532. The maximum atomic E-state index is 14.5. The molecule has 0 saturated carbocycles. The summed E-state index contributed by atoms with van der Waals surface area (Å²) in [6.07, 6.45) is -8.82. The fourth-order valence-electron chi connectivity index (χ4n) is 11.9. The highest BCUT2D eigenvalue weighted by Crippen LogP contribution is 2.42. The number of carboxylic acid groups (broad SMARTS) is 1. The SMILES string of the molecule is CC[C@H]1OC(=O)[C@H](C)[C@@H](O[C@H]2C[C@@](C)(OC)[C@@H](OS(=O)(=O)CCN(C)CCCc3ccc4c(c3)c(=O)c(C(=O)O)cn4CC)[C@H](C)O2)[C@H](C)[C@@H](O[C@@H]2O[C@H](C)C[C@H](N(C)C)[C@H]2O)[C@](C)(O)C[C@@H](C)/C(=N\O)[C@H](C)[C@@H](O)[C@]1(C)O. The van der Waals surface area contributed by atoms with Crippen LogP contribution in [0.15, 0.2) is 34.3 Å². The number of cyclic esters (lactones) is 1. The van der Waals surface area contributed by atoms with Crippen LogP contribution in [-0.4, -0.2) is 203 Å². The molecule has 2 aromatic rings. The van der Waals surface area contributed by atoms with Gasteiger partial charge in [-0.15, -0.1) is 0 Å². The van der Waals surface area contributed by atoms with Crippen LogP contribution in [0.1, 0.15) is 124 Å². The van der Waals surface area contributed by atoms with Gasteiger partial charge in [-0.05, 0) is 126 Å². The lowest BCUT2D eigenvalue weighted by Crippen LogP contribution is -2.61. The summed E-state index contributed by atoms with van der Waals surface area (Å²) >= 11 is 0. The number of aromatic carboxylic acids is 1. The number of carbonyl (C=O) groups excluding carboxylic acids is 1. The fraction of sp³-hybridized carbons (Fsp3) is 0.782. The van der Waals surface area contributed by atoms with Crippen molar-refractivity contribution in [3.63, 3.8) is 0 Å². The standard InChI is InChI=1S/C55H90N4O18S/c1-16-41-55(11,67)47(62)32(5)43(56-68)30(3)27-53(9,66)48(76-52-45(61)40(57(12)13)25-31(4)72-52)33(6)46(34(7)51(65)74-41)75-42-28-54(10,71-15)49(35(8)73-42)77-78(69,70)24-23-58(14)22-18-19-36-20-21-39-37(26-36)44(60)38(50(63)64)29-59(39)17-2/h20-21,26,29-35,40-42,45-49,52,61-62,66-68H,16-19,22-25,27-28H2,1-15H3,(H,63,64)/b56-43+/t30-,31-,32+,33+,34-,35+,40+,41-,42+,45-,46+,47-,48-,49+,52+,53-,54-,55-/m1/s1. The molecule has 0 aliphatic carbocycles. The Morgan fingerprint density at radius 2 is 1.60 bits per heavy atom. The van der Waals surface area contributed by atoms with Crippen LogP contribution < -0.4 is 5.43 Å². The zero-order valence-electron chi connectivity index (χ0n) is 48.3. The highest BCUT2D eigenvalue weighted by molar-refractivity contribution is 7.86. The average Bonchev–Trinajstić information content (AvgIpc) is 3.37. The van der Waals surface area contributed by atoms with Crippen LogP contribution in [0, 0.1) is 23.7 Å². The van der Waals surface area contributed by atoms with Gasteiger partial charge in [0.1, 0.15) is 29.5 Å². The molecule has 6 N–H and O–H groups in total. The second-order valence-electron chi connectivity index (χ2n) is 23.1. The largest absolute Gasteiger partial charge is 0.477 e. The summed E-state index contributed by atoms with van der Waals surface area (Å²) in [4.78, 5) is 43.1. The molecule has 0 spiro atoms. The number of oxime groups is 1. The number of aliphatic hydroxyl groups excluding tert-OH is 2. The first-order valence-electron chi connectivity index (χ1n) is 27.3. The lowest BCUT2D eigenvalue weighted by atomic mass is 9.73. The van der Waals surface area contributed by atoms with Gasteiger partial charge in [-0.3, -0.25) is 13.8 Å². The number of hydrogen-bond donors (Lipinski definition) is 6. The topological polar surface area (TPSA) is 295 Å². The van der Waals surface area contributed by atoms with Crippen molar-refractivity contribution in [1.82, 2.24) is 14.4 Å². The lowest BCUT2D eigenvalue weighted by Gasteiger charge is -2.49. The van der Waals surface area contributed by atoms with Crippen LogP contribution in [0.4, 0.5) is 0 Å². The van der Waals surface area contributed by atoms with E-state index in [-0.39, 0.29) is 48.9 Å². The summed E-state index contributed by atoms with van der Waals surface area (Å²) in [5.41, 5.74) is -4.63. The number of hydrogen-bond acceptors (Lipinski definition) is 20. The third kappa shape index (κ3) is 14.9. The van der Waals surface area contributed by atoms with E-state index in [4.69, 9.17) is 32.6 Å². The summed E-state index contributed by atoms with van der Waals surface area (Å²) in [6.45, 7) is 19.1. The average molecular weight is 1130 g/mol. The Balaban J connectivity index is 1.38. The van der Waals surface area contributed by atoms with Crippen molar-refractivity contribution >= 4 is 38.7 Å². The van der Waals surface area contributed by atoms with E-state index in [9.17, 15) is 53.5 Å². The lowest BCUT2D eigenvalue weighted by molar-refractivity contribution is -0.316. The molecule has 4 heterocycles. The van der Waals surface area contributed by atoms with E-state index in [2.05, 4.69) is 5.16 Å². The Bertz CT molecular complexity index is 2560. The molecule has 444 valence electrons. The Hall–Kier alpha value is -3.69. The van der Waals surface area contributed by atoms with Crippen molar-refractivity contribution in [3.8, 4) is 0 Å². The number of ether oxygens (including phenoxy) is 6. The first-order valence-corrected chi connectivity index (χ1v) is 28.9. The minimum atomic E-state index is -4.23. The smallest absolute Gasteiger partial charge is 0.341 e. The molecule has 3 aliphatic rings. The third-order valence-corrected chi connectivity index (χ3v) is 17.8. The minimum absolute atomic E-state index is 0.0543. The summed E-state index contributed by atoms with van der Waals surface area (Å²) in [6, 6.07) is 5.02. The van der Waals surface area contributed by atoms with Crippen molar-refractivity contribution in [1.29, 1.82) is 0 Å². The van der Waals surface area contributed by atoms with E-state index in [1.807, 2.05) is 43.8 Å². The van der Waals surface area contributed by atoms with Crippen LogP contribution in [0.5, 0.6) is 0 Å². The summed E-state index contributed by atoms with van der Waals surface area (Å²) < 4.78 is 73.6. The number of carboxylic acids is 1. The van der Waals surface area contributed by atoms with Crippen LogP contribution in [-0.2, 0) is 60.5 Å². The molecule has 18 atom stereocenters. The number of aliphatic hydroxyl groups is 4. The van der Waals surface area contributed by atoms with Crippen LogP contribution in [0.25, 0.3) is 10.9 Å². The molecule has 0 bridgehead atoms. The number of fused-ring (bicyclic) bond motifs is 1. The van der Waals surface area contributed by atoms with Gasteiger partial charge < -0.3 is 73.5 Å². The van der Waals surface area contributed by atoms with Gasteiger partial charge in [-0.2, -0.15) is 8.42 Å². The van der Waals surface area contributed by atoms with Gasteiger partial charge >= 0.3 is 11.9 Å².